The molecule has 0 fully saturated rings. The average molecular weight is 392 g/mol. The van der Waals surface area contributed by atoms with Crippen molar-refractivity contribution in [2.45, 2.75) is 32.9 Å². The molecule has 10 heteroatoms. The quantitative estimate of drug-likeness (QED) is 0.815. The molecule has 0 saturated heterocycles. The summed E-state index contributed by atoms with van der Waals surface area (Å²) in [5, 5.41) is 8.61. The second-order valence-electron chi connectivity index (χ2n) is 5.75. The molecule has 2 aromatic rings. The lowest BCUT2D eigenvalue weighted by Gasteiger charge is -2.21. The van der Waals surface area contributed by atoms with Crippen LogP contribution in [0.4, 0.5) is 13.2 Å². The highest BCUT2D eigenvalue weighted by Gasteiger charge is 2.33. The van der Waals surface area contributed by atoms with Gasteiger partial charge in [0.05, 0.1) is 22.7 Å². The minimum absolute atomic E-state index is 0.0372. The minimum atomic E-state index is -4.64. The van der Waals surface area contributed by atoms with Crippen LogP contribution < -0.4 is 0 Å². The van der Waals surface area contributed by atoms with Gasteiger partial charge in [0.25, 0.3) is 5.91 Å². The van der Waals surface area contributed by atoms with Gasteiger partial charge in [-0.1, -0.05) is 18.5 Å². The first kappa shape index (κ1) is 20.0. The van der Waals surface area contributed by atoms with E-state index in [1.165, 1.54) is 11.8 Å². The number of fused-ring (bicyclic) bond motifs is 1. The second-order valence-corrected chi connectivity index (χ2v) is 6.16. The molecular weight excluding hydrogens is 375 g/mol. The predicted octanol–water partition coefficient (Wildman–Crippen LogP) is 3.64. The zero-order valence-electron chi connectivity index (χ0n) is 14.1. The monoisotopic (exact) mass is 391 g/mol. The molecule has 1 N–H and O–H groups in total. The molecule has 0 saturated carbocycles. The number of carboxylic acids is 1. The number of pyridine rings is 1. The maximum Gasteiger partial charge on any atom is 0.417 e. The van der Waals surface area contributed by atoms with Crippen molar-refractivity contribution < 1.29 is 27.9 Å². The number of carboxylic acid groups (broad SMARTS) is 1. The highest BCUT2D eigenvalue weighted by atomic mass is 35.5. The van der Waals surface area contributed by atoms with Crippen LogP contribution in [0.2, 0.25) is 5.02 Å². The van der Waals surface area contributed by atoms with E-state index in [0.29, 0.717) is 6.42 Å². The molecule has 2 aromatic heterocycles. The molecule has 6 nitrogen and oxygen atoms in total. The molecular formula is C16H17ClF3N3O3. The van der Waals surface area contributed by atoms with E-state index < -0.39 is 23.6 Å². The van der Waals surface area contributed by atoms with Gasteiger partial charge in [-0.15, -0.1) is 0 Å². The summed E-state index contributed by atoms with van der Waals surface area (Å²) in [5.74, 6) is -1.66. The van der Waals surface area contributed by atoms with Gasteiger partial charge in [0.1, 0.15) is 5.69 Å². The van der Waals surface area contributed by atoms with Gasteiger partial charge in [-0.3, -0.25) is 14.0 Å². The van der Waals surface area contributed by atoms with Crippen molar-refractivity contribution in [2.24, 2.45) is 0 Å². The van der Waals surface area contributed by atoms with Crippen molar-refractivity contribution in [3.8, 4) is 0 Å². The predicted molar refractivity (Wildman–Crippen MR) is 88.4 cm³/mol. The molecule has 2 rings (SSSR count). The van der Waals surface area contributed by atoms with Crippen LogP contribution in [0, 0.1) is 6.92 Å². The van der Waals surface area contributed by atoms with Crippen molar-refractivity contribution in [3.05, 3.63) is 34.2 Å². The number of aliphatic carboxylic acids is 1. The lowest BCUT2D eigenvalue weighted by molar-refractivity contribution is -0.138. The number of halogens is 4. The largest absolute Gasteiger partial charge is 0.481 e. The van der Waals surface area contributed by atoms with Crippen molar-refractivity contribution in [1.82, 2.24) is 14.3 Å². The summed E-state index contributed by atoms with van der Waals surface area (Å²) in [7, 11) is 0. The number of carbonyl (C=O) groups is 2. The molecule has 0 atom stereocenters. The van der Waals surface area contributed by atoms with Gasteiger partial charge in [0.2, 0.25) is 0 Å². The van der Waals surface area contributed by atoms with E-state index in [-0.39, 0.29) is 41.6 Å². The van der Waals surface area contributed by atoms with Crippen LogP contribution in [0.25, 0.3) is 5.65 Å². The first-order valence-electron chi connectivity index (χ1n) is 7.82. The maximum atomic E-state index is 13.1. The molecule has 142 valence electrons. The van der Waals surface area contributed by atoms with Crippen LogP contribution in [0.1, 0.15) is 41.5 Å². The number of nitrogens with zero attached hydrogens (tertiary/aromatic N) is 3. The van der Waals surface area contributed by atoms with Crippen LogP contribution >= 0.6 is 11.6 Å². The van der Waals surface area contributed by atoms with Gasteiger partial charge in [-0.25, -0.2) is 4.98 Å². The Morgan fingerprint density at radius 2 is 2.00 bits per heavy atom. The van der Waals surface area contributed by atoms with E-state index in [4.69, 9.17) is 16.7 Å². The third-order valence-corrected chi connectivity index (χ3v) is 4.03. The van der Waals surface area contributed by atoms with Gasteiger partial charge >= 0.3 is 12.1 Å². The van der Waals surface area contributed by atoms with Gasteiger partial charge in [-0.05, 0) is 19.4 Å². The van der Waals surface area contributed by atoms with E-state index in [1.807, 2.05) is 0 Å². The number of aryl methyl sites for hydroxylation is 1. The zero-order valence-corrected chi connectivity index (χ0v) is 14.9. The topological polar surface area (TPSA) is 74.9 Å². The number of carbonyl (C=O) groups excluding carboxylic acids is 1. The summed E-state index contributed by atoms with van der Waals surface area (Å²) in [5.41, 5.74) is -0.816. The molecule has 26 heavy (non-hydrogen) atoms. The second kappa shape index (κ2) is 7.53. The third kappa shape index (κ3) is 4.09. The highest BCUT2D eigenvalue weighted by Crippen LogP contribution is 2.33. The average Bonchev–Trinajstić information content (AvgIpc) is 2.86. The summed E-state index contributed by atoms with van der Waals surface area (Å²) < 4.78 is 40.2. The standard InChI is InChI=1S/C16H17ClF3N3O3/c1-3-5-22(6-4-12(24)25)15(26)13-9(2)21-14-11(17)7-10(8-23(13)14)16(18,19)20/h7-8H,3-6H2,1-2H3,(H,24,25). The van der Waals surface area contributed by atoms with Crippen LogP contribution in [0.3, 0.4) is 0 Å². The van der Waals surface area contributed by atoms with Crippen molar-refractivity contribution in [2.75, 3.05) is 13.1 Å². The van der Waals surface area contributed by atoms with Crippen molar-refractivity contribution >= 4 is 29.1 Å². The molecule has 0 bridgehead atoms. The Labute approximate surface area is 152 Å². The van der Waals surface area contributed by atoms with E-state index in [2.05, 4.69) is 4.98 Å². The van der Waals surface area contributed by atoms with E-state index in [1.54, 1.807) is 6.92 Å². The Morgan fingerprint density at radius 1 is 1.35 bits per heavy atom. The summed E-state index contributed by atoms with van der Waals surface area (Å²) in [6, 6.07) is 0.756. The molecule has 0 aliphatic rings. The fourth-order valence-electron chi connectivity index (χ4n) is 2.60. The Morgan fingerprint density at radius 3 is 2.54 bits per heavy atom. The number of imidazole rings is 1. The third-order valence-electron chi connectivity index (χ3n) is 3.76. The fourth-order valence-corrected chi connectivity index (χ4v) is 2.85. The smallest absolute Gasteiger partial charge is 0.417 e. The summed E-state index contributed by atoms with van der Waals surface area (Å²) in [6.07, 6.45) is -3.57. The van der Waals surface area contributed by atoms with E-state index >= 15 is 0 Å². The normalized spacial score (nSPS) is 11.8. The molecule has 0 spiro atoms. The number of hydrogen-bond acceptors (Lipinski definition) is 3. The first-order chi connectivity index (χ1) is 12.1. The Balaban J connectivity index is 2.56. The summed E-state index contributed by atoms with van der Waals surface area (Å²) in [4.78, 5) is 29.0. The van der Waals surface area contributed by atoms with Gasteiger partial charge in [-0.2, -0.15) is 13.2 Å². The van der Waals surface area contributed by atoms with Crippen LogP contribution in [-0.2, 0) is 11.0 Å². The fraction of sp³-hybridized carbons (Fsp3) is 0.438. The molecule has 1 amide bonds. The molecule has 0 unspecified atom stereocenters. The number of amides is 1. The molecule has 0 aliphatic carbocycles. The first-order valence-corrected chi connectivity index (χ1v) is 8.20. The molecule has 0 aromatic carbocycles. The van der Waals surface area contributed by atoms with Gasteiger partial charge in [0.15, 0.2) is 5.65 Å². The molecule has 2 heterocycles. The Bertz CT molecular complexity index is 849. The lowest BCUT2D eigenvalue weighted by atomic mass is 10.2. The molecule has 0 radical (unpaired) electrons. The van der Waals surface area contributed by atoms with Crippen molar-refractivity contribution in [3.63, 3.8) is 0 Å². The Kier molecular flexibility index (Phi) is 5.80. The number of rotatable bonds is 6. The summed E-state index contributed by atoms with van der Waals surface area (Å²) >= 11 is 5.92. The number of hydrogen-bond donors (Lipinski definition) is 1. The van der Waals surface area contributed by atoms with Gasteiger partial charge in [0, 0.05) is 19.3 Å². The summed E-state index contributed by atoms with van der Waals surface area (Å²) in [6.45, 7) is 3.51. The number of aromatic nitrogens is 2. The minimum Gasteiger partial charge on any atom is -0.481 e. The zero-order chi connectivity index (χ0) is 19.6. The Hall–Kier alpha value is -2.29. The molecule has 0 aliphatic heterocycles. The maximum absolute atomic E-state index is 13.1. The highest BCUT2D eigenvalue weighted by molar-refractivity contribution is 6.33. The van der Waals surface area contributed by atoms with Crippen LogP contribution in [0.5, 0.6) is 0 Å². The van der Waals surface area contributed by atoms with Gasteiger partial charge < -0.3 is 10.0 Å². The number of alkyl halides is 3. The van der Waals surface area contributed by atoms with Crippen LogP contribution in [-0.4, -0.2) is 44.4 Å². The van der Waals surface area contributed by atoms with E-state index in [9.17, 15) is 22.8 Å². The SMILES string of the molecule is CCCN(CCC(=O)O)C(=O)c1c(C)nc2c(Cl)cc(C(F)(F)F)cn12. The van der Waals surface area contributed by atoms with Crippen molar-refractivity contribution in [1.29, 1.82) is 0 Å². The van der Waals surface area contributed by atoms with E-state index in [0.717, 1.165) is 16.7 Å². The van der Waals surface area contributed by atoms with Crippen LogP contribution in [0.15, 0.2) is 12.3 Å². The lowest BCUT2D eigenvalue weighted by Crippen LogP contribution is -2.35.